The van der Waals surface area contributed by atoms with Crippen LogP contribution in [0.25, 0.3) is 0 Å². The van der Waals surface area contributed by atoms with Gasteiger partial charge in [0.1, 0.15) is 11.2 Å². The molecule has 2 aromatic rings. The number of aromatic nitrogens is 4. The van der Waals surface area contributed by atoms with Gasteiger partial charge in [-0.15, -0.1) is 10.2 Å². The molecule has 0 saturated carbocycles. The Morgan fingerprint density at radius 2 is 2.26 bits per heavy atom. The molecule has 0 unspecified atom stereocenters. The second-order valence-corrected chi connectivity index (χ2v) is 6.14. The number of carbonyl (C=O) groups is 1. The highest BCUT2D eigenvalue weighted by atomic mass is 32.1. The minimum absolute atomic E-state index is 0.0778. The molecule has 2 amide bonds. The summed E-state index contributed by atoms with van der Waals surface area (Å²) in [5.41, 5.74) is 0. The van der Waals surface area contributed by atoms with E-state index in [1.165, 1.54) is 0 Å². The van der Waals surface area contributed by atoms with Crippen LogP contribution in [0.4, 0.5) is 23.1 Å². The molecule has 1 N–H and O–H groups in total. The van der Waals surface area contributed by atoms with Crippen molar-refractivity contribution < 1.29 is 18.0 Å². The van der Waals surface area contributed by atoms with Gasteiger partial charge in [0.25, 0.3) is 0 Å². The van der Waals surface area contributed by atoms with Gasteiger partial charge in [-0.05, 0) is 12.8 Å². The molecule has 3 rings (SSSR count). The summed E-state index contributed by atoms with van der Waals surface area (Å²) < 4.78 is 39.4. The number of carbonyl (C=O) groups excluding carboxylic acids is 1. The van der Waals surface area contributed by atoms with E-state index < -0.39 is 17.1 Å². The fraction of sp³-hybridized carbons (Fsp3) is 0.500. The number of urea groups is 1. The third kappa shape index (κ3) is 3.14. The molecule has 0 aromatic carbocycles. The third-order valence-corrected chi connectivity index (χ3v) is 4.51. The summed E-state index contributed by atoms with van der Waals surface area (Å²) in [6.45, 7) is 0.501. The standard InChI is InChI=1S/C12H13F3N6OS/c1-20-6-17-19-9(20)7-3-2-4-21(7)11(22)18-10-16-5-8(23-10)12(13,14)15/h5-7H,2-4H2,1H3,(H,16,18,22)/t7-/m0/s1. The SMILES string of the molecule is Cn1cnnc1[C@@H]1CCCN1C(=O)Nc1ncc(C(F)(F)F)s1. The monoisotopic (exact) mass is 346 g/mol. The first kappa shape index (κ1) is 15.7. The highest BCUT2D eigenvalue weighted by Crippen LogP contribution is 2.36. The van der Waals surface area contributed by atoms with E-state index in [1.54, 1.807) is 22.8 Å². The zero-order valence-electron chi connectivity index (χ0n) is 12.0. The van der Waals surface area contributed by atoms with E-state index in [2.05, 4.69) is 20.5 Å². The Bertz CT molecular complexity index is 712. The summed E-state index contributed by atoms with van der Waals surface area (Å²) in [4.78, 5) is 16.6. The fourth-order valence-corrected chi connectivity index (χ4v) is 3.17. The van der Waals surface area contributed by atoms with E-state index in [0.717, 1.165) is 12.8 Å². The Hall–Kier alpha value is -2.17. The number of hydrogen-bond donors (Lipinski definition) is 1. The number of alkyl halides is 3. The number of thiazole rings is 1. The fourth-order valence-electron chi connectivity index (χ4n) is 2.50. The van der Waals surface area contributed by atoms with Gasteiger partial charge in [0, 0.05) is 13.6 Å². The minimum atomic E-state index is -4.46. The smallest absolute Gasteiger partial charge is 0.319 e. The maximum atomic E-state index is 12.6. The highest BCUT2D eigenvalue weighted by Gasteiger charge is 2.35. The molecule has 1 aliphatic heterocycles. The number of likely N-dealkylation sites (tertiary alicyclic amines) is 1. The first-order valence-electron chi connectivity index (χ1n) is 6.81. The van der Waals surface area contributed by atoms with Gasteiger partial charge in [-0.3, -0.25) is 5.32 Å². The zero-order valence-corrected chi connectivity index (χ0v) is 12.9. The maximum absolute atomic E-state index is 12.6. The van der Waals surface area contributed by atoms with Crippen LogP contribution < -0.4 is 5.32 Å². The number of amides is 2. The molecular formula is C12H13F3N6OS. The molecule has 2 aromatic heterocycles. The van der Waals surface area contributed by atoms with Gasteiger partial charge in [0.05, 0.1) is 12.2 Å². The van der Waals surface area contributed by atoms with Crippen LogP contribution in [0.2, 0.25) is 0 Å². The molecule has 3 heterocycles. The van der Waals surface area contributed by atoms with Crippen LogP contribution in [0.3, 0.4) is 0 Å². The van der Waals surface area contributed by atoms with Crippen LogP contribution >= 0.6 is 11.3 Å². The Balaban J connectivity index is 1.73. The van der Waals surface area contributed by atoms with Crippen molar-refractivity contribution >= 4 is 22.5 Å². The average molecular weight is 346 g/mol. The van der Waals surface area contributed by atoms with E-state index in [-0.39, 0.29) is 11.2 Å². The van der Waals surface area contributed by atoms with Crippen molar-refractivity contribution in [3.8, 4) is 0 Å². The van der Waals surface area contributed by atoms with E-state index in [1.807, 2.05) is 0 Å². The minimum Gasteiger partial charge on any atom is -0.319 e. The van der Waals surface area contributed by atoms with Crippen LogP contribution in [0.1, 0.15) is 29.6 Å². The Morgan fingerprint density at radius 3 is 2.87 bits per heavy atom. The van der Waals surface area contributed by atoms with Crippen molar-refractivity contribution in [2.75, 3.05) is 11.9 Å². The van der Waals surface area contributed by atoms with Crippen LogP contribution in [-0.2, 0) is 13.2 Å². The highest BCUT2D eigenvalue weighted by molar-refractivity contribution is 7.15. The first-order valence-corrected chi connectivity index (χ1v) is 7.62. The lowest BCUT2D eigenvalue weighted by atomic mass is 10.2. The maximum Gasteiger partial charge on any atom is 0.427 e. The second-order valence-electron chi connectivity index (χ2n) is 5.11. The van der Waals surface area contributed by atoms with Gasteiger partial charge in [-0.25, -0.2) is 9.78 Å². The molecule has 7 nitrogen and oxygen atoms in total. The summed E-state index contributed by atoms with van der Waals surface area (Å²) >= 11 is 0.401. The van der Waals surface area contributed by atoms with Crippen LogP contribution in [0.5, 0.6) is 0 Å². The normalized spacial score (nSPS) is 18.4. The van der Waals surface area contributed by atoms with Crippen molar-refractivity contribution in [2.45, 2.75) is 25.1 Å². The summed E-state index contributed by atoms with van der Waals surface area (Å²) in [5.74, 6) is 0.646. The Kier molecular flexibility index (Phi) is 3.96. The van der Waals surface area contributed by atoms with E-state index in [0.29, 0.717) is 29.9 Å². The number of halogens is 3. The zero-order chi connectivity index (χ0) is 16.6. The molecule has 0 bridgehead atoms. The Morgan fingerprint density at radius 1 is 1.48 bits per heavy atom. The van der Waals surface area contributed by atoms with Gasteiger partial charge < -0.3 is 9.47 Å². The number of aryl methyl sites for hydroxylation is 1. The molecule has 11 heteroatoms. The summed E-state index contributed by atoms with van der Waals surface area (Å²) in [5, 5.41) is 10.1. The molecule has 0 aliphatic carbocycles. The number of rotatable bonds is 2. The molecule has 1 saturated heterocycles. The summed E-state index contributed by atoms with van der Waals surface area (Å²) in [6.07, 6.45) is -0.692. The molecule has 0 radical (unpaired) electrons. The van der Waals surface area contributed by atoms with Crippen LogP contribution in [-0.4, -0.2) is 37.2 Å². The molecule has 0 spiro atoms. The van der Waals surface area contributed by atoms with E-state index >= 15 is 0 Å². The largest absolute Gasteiger partial charge is 0.427 e. The topological polar surface area (TPSA) is 75.9 Å². The first-order chi connectivity index (χ1) is 10.9. The number of anilines is 1. The van der Waals surface area contributed by atoms with Crippen molar-refractivity contribution in [2.24, 2.45) is 7.05 Å². The molecule has 1 aliphatic rings. The van der Waals surface area contributed by atoms with Crippen molar-refractivity contribution in [3.63, 3.8) is 0 Å². The predicted octanol–water partition coefficient (Wildman–Crippen LogP) is 2.66. The van der Waals surface area contributed by atoms with Gasteiger partial charge in [0.15, 0.2) is 11.0 Å². The van der Waals surface area contributed by atoms with Crippen LogP contribution in [0, 0.1) is 0 Å². The second kappa shape index (κ2) is 5.80. The third-order valence-electron chi connectivity index (χ3n) is 3.56. The van der Waals surface area contributed by atoms with Crippen molar-refractivity contribution in [1.82, 2.24) is 24.6 Å². The quantitative estimate of drug-likeness (QED) is 0.907. The molecule has 1 atom stereocenters. The van der Waals surface area contributed by atoms with Gasteiger partial charge in [-0.1, -0.05) is 11.3 Å². The molecular weight excluding hydrogens is 333 g/mol. The summed E-state index contributed by atoms with van der Waals surface area (Å²) in [7, 11) is 1.78. The predicted molar refractivity (Wildman–Crippen MR) is 75.8 cm³/mol. The summed E-state index contributed by atoms with van der Waals surface area (Å²) in [6, 6.07) is -0.733. The van der Waals surface area contributed by atoms with Gasteiger partial charge >= 0.3 is 12.2 Å². The molecule has 23 heavy (non-hydrogen) atoms. The lowest BCUT2D eigenvalue weighted by molar-refractivity contribution is -0.134. The van der Waals surface area contributed by atoms with Crippen LogP contribution in [0.15, 0.2) is 12.5 Å². The molecule has 124 valence electrons. The van der Waals surface area contributed by atoms with Gasteiger partial charge in [0.2, 0.25) is 0 Å². The number of nitrogens with zero attached hydrogens (tertiary/aromatic N) is 5. The lowest BCUT2D eigenvalue weighted by Crippen LogP contribution is -2.35. The van der Waals surface area contributed by atoms with Gasteiger partial charge in [-0.2, -0.15) is 13.2 Å². The lowest BCUT2D eigenvalue weighted by Gasteiger charge is -2.23. The van der Waals surface area contributed by atoms with E-state index in [9.17, 15) is 18.0 Å². The Labute approximate surface area is 133 Å². The molecule has 1 fully saturated rings. The number of hydrogen-bond acceptors (Lipinski definition) is 5. The van der Waals surface area contributed by atoms with E-state index in [4.69, 9.17) is 0 Å². The van der Waals surface area contributed by atoms with Crippen molar-refractivity contribution in [3.05, 3.63) is 23.2 Å². The average Bonchev–Trinajstić information content (AvgIpc) is 3.16. The van der Waals surface area contributed by atoms with Crippen molar-refractivity contribution in [1.29, 1.82) is 0 Å². The number of nitrogens with one attached hydrogen (secondary N) is 1.